The molecule has 1 amide bonds. The molecule has 0 bridgehead atoms. The Kier molecular flexibility index (Phi) is 7.42. The lowest BCUT2D eigenvalue weighted by molar-refractivity contribution is -0.122. The highest BCUT2D eigenvalue weighted by molar-refractivity contribution is 6.30. The number of nitrogens with two attached hydrogens (primary N) is 1. The monoisotopic (exact) mass is 304 g/mol. The van der Waals surface area contributed by atoms with Crippen molar-refractivity contribution in [1.82, 2.24) is 5.32 Å². The van der Waals surface area contributed by atoms with E-state index in [1.165, 1.54) is 0 Å². The van der Waals surface area contributed by atoms with Gasteiger partial charge in [0.05, 0.1) is 5.54 Å². The Labute approximate surface area is 126 Å². The first-order valence-corrected chi connectivity index (χ1v) is 6.51. The second-order valence-corrected chi connectivity index (χ2v) is 5.64. The van der Waals surface area contributed by atoms with Crippen molar-refractivity contribution in [3.05, 3.63) is 34.9 Å². The molecule has 0 aliphatic rings. The number of carbonyl (C=O) groups excluding carboxylic acids is 1. The zero-order chi connectivity index (χ0) is 13.8. The molecule has 1 rings (SSSR count). The second-order valence-electron chi connectivity index (χ2n) is 5.20. The molecule has 19 heavy (non-hydrogen) atoms. The van der Waals surface area contributed by atoms with Gasteiger partial charge in [-0.05, 0) is 44.9 Å². The Hall–Kier alpha value is -0.770. The number of hydrogen-bond acceptors (Lipinski definition) is 2. The lowest BCUT2D eigenvalue weighted by Crippen LogP contribution is -2.41. The summed E-state index contributed by atoms with van der Waals surface area (Å²) in [5, 5.41) is 3.67. The van der Waals surface area contributed by atoms with E-state index >= 15 is 0 Å². The van der Waals surface area contributed by atoms with Crippen molar-refractivity contribution in [2.75, 3.05) is 0 Å². The van der Waals surface area contributed by atoms with Gasteiger partial charge in [-0.2, -0.15) is 0 Å². The number of rotatable bonds is 5. The number of carbonyl (C=O) groups is 1. The Morgan fingerprint density at radius 3 is 2.63 bits per heavy atom. The van der Waals surface area contributed by atoms with Gasteiger partial charge in [-0.3, -0.25) is 4.79 Å². The van der Waals surface area contributed by atoms with E-state index in [0.717, 1.165) is 5.56 Å². The first-order chi connectivity index (χ1) is 8.31. The summed E-state index contributed by atoms with van der Waals surface area (Å²) in [6.45, 7) is 5.82. The zero-order valence-electron chi connectivity index (χ0n) is 11.6. The third-order valence-corrected chi connectivity index (χ3v) is 3.06. The summed E-state index contributed by atoms with van der Waals surface area (Å²) in [6.07, 6.45) is 1.14. The van der Waals surface area contributed by atoms with Crippen molar-refractivity contribution in [2.24, 2.45) is 5.73 Å². The van der Waals surface area contributed by atoms with Crippen LogP contribution < -0.4 is 11.1 Å². The lowest BCUT2D eigenvalue weighted by Gasteiger charge is -2.27. The fraction of sp³-hybridized carbons (Fsp3) is 0.500. The first kappa shape index (κ1) is 18.2. The Bertz CT molecular complexity index is 420. The SMILES string of the molecule is CC(N)CCC(=O)NC(C)(C)c1cccc(Cl)c1.Cl. The van der Waals surface area contributed by atoms with E-state index in [4.69, 9.17) is 17.3 Å². The van der Waals surface area contributed by atoms with Crippen LogP contribution in [0.15, 0.2) is 24.3 Å². The maximum Gasteiger partial charge on any atom is 0.220 e. The molecule has 1 atom stereocenters. The molecule has 0 spiro atoms. The minimum atomic E-state index is -0.431. The van der Waals surface area contributed by atoms with E-state index in [2.05, 4.69) is 5.32 Å². The van der Waals surface area contributed by atoms with Crippen molar-refractivity contribution in [3.8, 4) is 0 Å². The van der Waals surface area contributed by atoms with Crippen molar-refractivity contribution in [2.45, 2.75) is 45.2 Å². The summed E-state index contributed by atoms with van der Waals surface area (Å²) in [7, 11) is 0. The molecule has 1 aromatic rings. The molecule has 108 valence electrons. The highest BCUT2D eigenvalue weighted by Crippen LogP contribution is 2.23. The van der Waals surface area contributed by atoms with E-state index in [0.29, 0.717) is 17.9 Å². The molecule has 0 radical (unpaired) electrons. The van der Waals surface area contributed by atoms with Crippen LogP contribution in [0.1, 0.15) is 39.2 Å². The van der Waals surface area contributed by atoms with Crippen LogP contribution in [0.25, 0.3) is 0 Å². The van der Waals surface area contributed by atoms with Crippen LogP contribution in [-0.2, 0) is 10.3 Å². The smallest absolute Gasteiger partial charge is 0.220 e. The topological polar surface area (TPSA) is 55.1 Å². The molecule has 0 fully saturated rings. The summed E-state index contributed by atoms with van der Waals surface area (Å²) in [5.74, 6) is 0.0114. The van der Waals surface area contributed by atoms with Crippen LogP contribution >= 0.6 is 24.0 Å². The van der Waals surface area contributed by atoms with Crippen LogP contribution in [0.3, 0.4) is 0 Å². The minimum Gasteiger partial charge on any atom is -0.347 e. The fourth-order valence-electron chi connectivity index (χ4n) is 1.72. The summed E-state index contributed by atoms with van der Waals surface area (Å²) in [6, 6.07) is 7.57. The van der Waals surface area contributed by atoms with Crippen molar-refractivity contribution >= 4 is 29.9 Å². The molecule has 3 nitrogen and oxygen atoms in total. The second kappa shape index (κ2) is 7.73. The van der Waals surface area contributed by atoms with Crippen LogP contribution in [0.5, 0.6) is 0 Å². The van der Waals surface area contributed by atoms with Gasteiger partial charge < -0.3 is 11.1 Å². The molecule has 0 saturated carbocycles. The van der Waals surface area contributed by atoms with Crippen molar-refractivity contribution in [3.63, 3.8) is 0 Å². The highest BCUT2D eigenvalue weighted by atomic mass is 35.5. The average Bonchev–Trinajstić information content (AvgIpc) is 2.26. The standard InChI is InChI=1S/C14H21ClN2O.ClH/c1-10(16)7-8-13(18)17-14(2,3)11-5-4-6-12(15)9-11;/h4-6,9-10H,7-8,16H2,1-3H3,(H,17,18);1H. The van der Waals surface area contributed by atoms with Crippen LogP contribution in [0, 0.1) is 0 Å². The largest absolute Gasteiger partial charge is 0.347 e. The Morgan fingerprint density at radius 1 is 1.47 bits per heavy atom. The average molecular weight is 305 g/mol. The quantitative estimate of drug-likeness (QED) is 0.877. The molecule has 0 aliphatic carbocycles. The van der Waals surface area contributed by atoms with Gasteiger partial charge in [-0.1, -0.05) is 23.7 Å². The minimum absolute atomic E-state index is 0. The van der Waals surface area contributed by atoms with Gasteiger partial charge in [-0.25, -0.2) is 0 Å². The zero-order valence-corrected chi connectivity index (χ0v) is 13.1. The van der Waals surface area contributed by atoms with Crippen molar-refractivity contribution < 1.29 is 4.79 Å². The molecule has 0 heterocycles. The molecule has 0 saturated heterocycles. The van der Waals surface area contributed by atoms with Gasteiger partial charge in [0.2, 0.25) is 5.91 Å². The van der Waals surface area contributed by atoms with Gasteiger partial charge in [0.1, 0.15) is 0 Å². The highest BCUT2D eigenvalue weighted by Gasteiger charge is 2.22. The number of halogens is 2. The van der Waals surface area contributed by atoms with Crippen molar-refractivity contribution in [1.29, 1.82) is 0 Å². The van der Waals surface area contributed by atoms with E-state index in [-0.39, 0.29) is 24.4 Å². The summed E-state index contributed by atoms with van der Waals surface area (Å²) >= 11 is 5.96. The Balaban J connectivity index is 0.00000324. The fourth-order valence-corrected chi connectivity index (χ4v) is 1.91. The molecule has 5 heteroatoms. The first-order valence-electron chi connectivity index (χ1n) is 6.14. The van der Waals surface area contributed by atoms with Gasteiger partial charge in [0, 0.05) is 17.5 Å². The third kappa shape index (κ3) is 6.28. The molecular weight excluding hydrogens is 283 g/mol. The Morgan fingerprint density at radius 2 is 2.11 bits per heavy atom. The lowest BCUT2D eigenvalue weighted by atomic mass is 9.94. The molecule has 0 aliphatic heterocycles. The van der Waals surface area contributed by atoms with Gasteiger partial charge >= 0.3 is 0 Å². The molecular formula is C14H22Cl2N2O. The summed E-state index contributed by atoms with van der Waals surface area (Å²) in [5.41, 5.74) is 6.20. The van der Waals surface area contributed by atoms with E-state index < -0.39 is 5.54 Å². The maximum atomic E-state index is 11.8. The molecule has 0 aromatic heterocycles. The molecule has 3 N–H and O–H groups in total. The van der Waals surface area contributed by atoms with Gasteiger partial charge in [0.15, 0.2) is 0 Å². The van der Waals surface area contributed by atoms with Gasteiger partial charge in [-0.15, -0.1) is 12.4 Å². The summed E-state index contributed by atoms with van der Waals surface area (Å²) < 4.78 is 0. The molecule has 1 unspecified atom stereocenters. The normalized spacial score (nSPS) is 12.5. The summed E-state index contributed by atoms with van der Waals surface area (Å²) in [4.78, 5) is 11.8. The maximum absolute atomic E-state index is 11.8. The van der Waals surface area contributed by atoms with E-state index in [1.807, 2.05) is 45.0 Å². The number of benzene rings is 1. The number of hydrogen-bond donors (Lipinski definition) is 2. The number of amides is 1. The third-order valence-electron chi connectivity index (χ3n) is 2.82. The van der Waals surface area contributed by atoms with E-state index in [9.17, 15) is 4.79 Å². The molecule has 1 aromatic carbocycles. The number of nitrogens with one attached hydrogen (secondary N) is 1. The van der Waals surface area contributed by atoms with Gasteiger partial charge in [0.25, 0.3) is 0 Å². The van der Waals surface area contributed by atoms with Crippen LogP contribution in [0.4, 0.5) is 0 Å². The van der Waals surface area contributed by atoms with E-state index in [1.54, 1.807) is 0 Å². The predicted molar refractivity (Wildman–Crippen MR) is 82.8 cm³/mol. The predicted octanol–water partition coefficient (Wildman–Crippen LogP) is 3.24. The van der Waals surface area contributed by atoms with Crippen LogP contribution in [-0.4, -0.2) is 11.9 Å². The van der Waals surface area contributed by atoms with Crippen LogP contribution in [0.2, 0.25) is 5.02 Å².